The molecule has 0 heterocycles. The van der Waals surface area contributed by atoms with Crippen molar-refractivity contribution in [3.8, 4) is 0 Å². The molecule has 1 unspecified atom stereocenters. The number of hydrogen-bond acceptors (Lipinski definition) is 2. The maximum Gasteiger partial charge on any atom is 0.0246 e. The third kappa shape index (κ3) is 5.70. The molecule has 0 aliphatic heterocycles. The number of rotatable bonds is 7. The van der Waals surface area contributed by atoms with Gasteiger partial charge < -0.3 is 5.73 Å². The van der Waals surface area contributed by atoms with Crippen molar-refractivity contribution in [2.45, 2.75) is 19.3 Å². The summed E-state index contributed by atoms with van der Waals surface area (Å²) in [6, 6.07) is 10.3. The highest BCUT2D eigenvalue weighted by atomic mass is 32.2. The van der Waals surface area contributed by atoms with Crippen LogP contribution >= 0.6 is 0 Å². The first kappa shape index (κ1) is 12.4. The molecule has 0 saturated carbocycles. The van der Waals surface area contributed by atoms with Crippen molar-refractivity contribution in [3.05, 3.63) is 35.9 Å². The summed E-state index contributed by atoms with van der Waals surface area (Å²) in [5.41, 5.74) is 6.69. The first-order valence-corrected chi connectivity index (χ1v) is 6.90. The average Bonchev–Trinajstić information content (AvgIpc) is 2.28. The lowest BCUT2D eigenvalue weighted by Gasteiger charge is -2.01. The van der Waals surface area contributed by atoms with Crippen LogP contribution in [0.15, 0.2) is 30.3 Å². The number of benzene rings is 1. The third-order valence-corrected chi connectivity index (χ3v) is 3.74. The zero-order valence-corrected chi connectivity index (χ0v) is 9.84. The maximum absolute atomic E-state index is 11.4. The molecule has 0 aliphatic rings. The van der Waals surface area contributed by atoms with Crippen molar-refractivity contribution in [1.29, 1.82) is 0 Å². The quantitative estimate of drug-likeness (QED) is 0.768. The van der Waals surface area contributed by atoms with Crippen molar-refractivity contribution >= 4 is 10.8 Å². The second-order valence-electron chi connectivity index (χ2n) is 3.58. The largest absolute Gasteiger partial charge is 0.330 e. The molecule has 0 fully saturated rings. The molecule has 0 saturated heterocycles. The SMILES string of the molecule is NCCCS(=O)CCCc1ccccc1. The molecule has 0 aliphatic carbocycles. The van der Waals surface area contributed by atoms with Crippen LogP contribution in [0.25, 0.3) is 0 Å². The molecule has 0 aromatic heterocycles. The summed E-state index contributed by atoms with van der Waals surface area (Å²) in [7, 11) is -0.674. The van der Waals surface area contributed by atoms with E-state index in [9.17, 15) is 4.21 Å². The third-order valence-electron chi connectivity index (χ3n) is 2.26. The van der Waals surface area contributed by atoms with Gasteiger partial charge in [0.1, 0.15) is 0 Å². The molecular weight excluding hydrogens is 206 g/mol. The molecule has 0 spiro atoms. The topological polar surface area (TPSA) is 43.1 Å². The smallest absolute Gasteiger partial charge is 0.0246 e. The minimum atomic E-state index is -0.674. The van der Waals surface area contributed by atoms with Gasteiger partial charge >= 0.3 is 0 Å². The Labute approximate surface area is 94.3 Å². The number of hydrogen-bond donors (Lipinski definition) is 1. The summed E-state index contributed by atoms with van der Waals surface area (Å²) >= 11 is 0. The summed E-state index contributed by atoms with van der Waals surface area (Å²) in [6.07, 6.45) is 2.90. The molecule has 0 amide bonds. The molecule has 0 bridgehead atoms. The number of aryl methyl sites for hydroxylation is 1. The van der Waals surface area contributed by atoms with Crippen LogP contribution in [0.5, 0.6) is 0 Å². The van der Waals surface area contributed by atoms with Gasteiger partial charge in [-0.2, -0.15) is 0 Å². The first-order valence-electron chi connectivity index (χ1n) is 5.42. The fraction of sp³-hybridized carbons (Fsp3) is 0.500. The van der Waals surface area contributed by atoms with Crippen LogP contribution in [0.3, 0.4) is 0 Å². The van der Waals surface area contributed by atoms with Crippen LogP contribution in [0.2, 0.25) is 0 Å². The fourth-order valence-corrected chi connectivity index (χ4v) is 2.59. The maximum atomic E-state index is 11.4. The summed E-state index contributed by atoms with van der Waals surface area (Å²) in [5, 5.41) is 0. The van der Waals surface area contributed by atoms with Gasteiger partial charge in [0, 0.05) is 22.3 Å². The minimum Gasteiger partial charge on any atom is -0.330 e. The monoisotopic (exact) mass is 225 g/mol. The Hall–Kier alpha value is -0.670. The Kier molecular flexibility index (Phi) is 6.28. The van der Waals surface area contributed by atoms with Gasteiger partial charge in [0.2, 0.25) is 0 Å². The molecule has 1 atom stereocenters. The Morgan fingerprint density at radius 2 is 1.73 bits per heavy atom. The van der Waals surface area contributed by atoms with Gasteiger partial charge in [-0.25, -0.2) is 0 Å². The molecule has 15 heavy (non-hydrogen) atoms. The van der Waals surface area contributed by atoms with Crippen LogP contribution in [0.1, 0.15) is 18.4 Å². The van der Waals surface area contributed by atoms with Gasteiger partial charge in [0.25, 0.3) is 0 Å². The van der Waals surface area contributed by atoms with Crippen LogP contribution in [0.4, 0.5) is 0 Å². The lowest BCUT2D eigenvalue weighted by atomic mass is 10.1. The van der Waals surface area contributed by atoms with Gasteiger partial charge in [0.15, 0.2) is 0 Å². The number of nitrogens with two attached hydrogens (primary N) is 1. The zero-order valence-electron chi connectivity index (χ0n) is 9.02. The Balaban J connectivity index is 2.14. The zero-order chi connectivity index (χ0) is 10.9. The molecule has 0 radical (unpaired) electrons. The summed E-state index contributed by atoms with van der Waals surface area (Å²) in [5.74, 6) is 1.56. The van der Waals surface area contributed by atoms with E-state index in [-0.39, 0.29) is 0 Å². The van der Waals surface area contributed by atoms with Gasteiger partial charge in [-0.05, 0) is 31.4 Å². The van der Waals surface area contributed by atoms with Gasteiger partial charge in [-0.1, -0.05) is 30.3 Å². The Morgan fingerprint density at radius 1 is 1.07 bits per heavy atom. The highest BCUT2D eigenvalue weighted by Crippen LogP contribution is 2.03. The van der Waals surface area contributed by atoms with E-state index >= 15 is 0 Å². The molecule has 2 N–H and O–H groups in total. The van der Waals surface area contributed by atoms with Gasteiger partial charge in [0.05, 0.1) is 0 Å². The van der Waals surface area contributed by atoms with Crippen LogP contribution < -0.4 is 5.73 Å². The van der Waals surface area contributed by atoms with Crippen LogP contribution in [-0.2, 0) is 17.2 Å². The van der Waals surface area contributed by atoms with E-state index in [1.807, 2.05) is 18.2 Å². The minimum absolute atomic E-state index is 0.643. The van der Waals surface area contributed by atoms with Crippen molar-refractivity contribution in [2.24, 2.45) is 5.73 Å². The highest BCUT2D eigenvalue weighted by Gasteiger charge is 1.99. The van der Waals surface area contributed by atoms with Gasteiger partial charge in [-0.3, -0.25) is 4.21 Å². The van der Waals surface area contributed by atoms with Crippen LogP contribution in [-0.4, -0.2) is 22.3 Å². The standard InChI is InChI=1S/C12H19NOS/c13-9-5-11-15(14)10-4-8-12-6-2-1-3-7-12/h1-3,6-7H,4-5,8-11,13H2. The fourth-order valence-electron chi connectivity index (χ4n) is 1.43. The highest BCUT2D eigenvalue weighted by molar-refractivity contribution is 7.84. The lowest BCUT2D eigenvalue weighted by Crippen LogP contribution is -2.08. The first-order chi connectivity index (χ1) is 7.33. The van der Waals surface area contributed by atoms with Crippen LogP contribution in [0, 0.1) is 0 Å². The summed E-state index contributed by atoms with van der Waals surface area (Å²) in [6.45, 7) is 0.643. The Morgan fingerprint density at radius 3 is 2.40 bits per heavy atom. The second-order valence-corrected chi connectivity index (χ2v) is 5.28. The van der Waals surface area contributed by atoms with E-state index in [0.29, 0.717) is 6.54 Å². The predicted octanol–water partition coefficient (Wildman–Crippen LogP) is 1.72. The molecular formula is C12H19NOS. The van der Waals surface area contributed by atoms with Crippen molar-refractivity contribution in [3.63, 3.8) is 0 Å². The molecule has 1 aromatic carbocycles. The van der Waals surface area contributed by atoms with Crippen molar-refractivity contribution in [1.82, 2.24) is 0 Å². The molecule has 1 aromatic rings. The normalized spacial score (nSPS) is 12.6. The predicted molar refractivity (Wildman–Crippen MR) is 66.3 cm³/mol. The molecule has 3 heteroatoms. The molecule has 1 rings (SSSR count). The van der Waals surface area contributed by atoms with E-state index in [2.05, 4.69) is 12.1 Å². The lowest BCUT2D eigenvalue weighted by molar-refractivity contribution is 0.677. The van der Waals surface area contributed by atoms with E-state index < -0.39 is 10.8 Å². The summed E-state index contributed by atoms with van der Waals surface area (Å²) in [4.78, 5) is 0. The van der Waals surface area contributed by atoms with Gasteiger partial charge in [-0.15, -0.1) is 0 Å². The average molecular weight is 225 g/mol. The molecule has 84 valence electrons. The van der Waals surface area contributed by atoms with E-state index in [1.54, 1.807) is 0 Å². The molecule has 2 nitrogen and oxygen atoms in total. The van der Waals surface area contributed by atoms with E-state index in [1.165, 1.54) is 5.56 Å². The second kappa shape index (κ2) is 7.60. The Bertz CT molecular complexity index is 287. The summed E-state index contributed by atoms with van der Waals surface area (Å²) < 4.78 is 11.4. The van der Waals surface area contributed by atoms with Crippen molar-refractivity contribution < 1.29 is 4.21 Å². The van der Waals surface area contributed by atoms with Crippen molar-refractivity contribution in [2.75, 3.05) is 18.1 Å². The van der Waals surface area contributed by atoms with E-state index in [4.69, 9.17) is 5.73 Å². The van der Waals surface area contributed by atoms with E-state index in [0.717, 1.165) is 30.8 Å².